The minimum Gasteiger partial charge on any atom is -0.385 e. The third kappa shape index (κ3) is 2.30. The van der Waals surface area contributed by atoms with Gasteiger partial charge in [0.2, 0.25) is 5.82 Å². The van der Waals surface area contributed by atoms with Crippen LogP contribution in [-0.4, -0.2) is 15.2 Å². The summed E-state index contributed by atoms with van der Waals surface area (Å²) in [7, 11) is 0. The van der Waals surface area contributed by atoms with Crippen molar-refractivity contribution < 1.29 is 9.63 Å². The monoisotopic (exact) mass is 268 g/mol. The van der Waals surface area contributed by atoms with Crippen molar-refractivity contribution in [2.75, 3.05) is 0 Å². The van der Waals surface area contributed by atoms with Crippen molar-refractivity contribution in [1.82, 2.24) is 10.1 Å². The molecular weight excluding hydrogens is 252 g/mol. The number of hydrogen-bond donors (Lipinski definition) is 1. The van der Waals surface area contributed by atoms with Crippen LogP contribution in [0.1, 0.15) is 31.7 Å². The maximum absolute atomic E-state index is 9.91. The predicted molar refractivity (Wildman–Crippen MR) is 77.1 cm³/mol. The zero-order valence-corrected chi connectivity index (χ0v) is 11.3. The fourth-order valence-corrected chi connectivity index (χ4v) is 2.29. The third-order valence-electron chi connectivity index (χ3n) is 3.32. The molecule has 0 saturated carbocycles. The molecule has 3 rings (SSSR count). The molecule has 0 spiro atoms. The van der Waals surface area contributed by atoms with Crippen LogP contribution in [-0.2, 0) is 0 Å². The molecule has 1 atom stereocenters. The van der Waals surface area contributed by atoms with Crippen LogP contribution in [0.3, 0.4) is 0 Å². The van der Waals surface area contributed by atoms with E-state index in [1.165, 1.54) is 0 Å². The Morgan fingerprint density at radius 1 is 1.15 bits per heavy atom. The summed E-state index contributed by atoms with van der Waals surface area (Å²) in [4.78, 5) is 4.32. The molecule has 102 valence electrons. The summed E-state index contributed by atoms with van der Waals surface area (Å²) < 4.78 is 5.31. The summed E-state index contributed by atoms with van der Waals surface area (Å²) in [6.45, 7) is 2.01. The van der Waals surface area contributed by atoms with Crippen LogP contribution in [0.15, 0.2) is 47.0 Å². The number of benzene rings is 2. The highest BCUT2D eigenvalue weighted by atomic mass is 16.5. The molecule has 0 radical (unpaired) electrons. The van der Waals surface area contributed by atoms with Crippen molar-refractivity contribution in [1.29, 1.82) is 0 Å². The summed E-state index contributed by atoms with van der Waals surface area (Å²) >= 11 is 0. The number of aliphatic hydroxyl groups excluding tert-OH is 1. The second-order valence-electron chi connectivity index (χ2n) is 4.79. The van der Waals surface area contributed by atoms with Gasteiger partial charge in [0.1, 0.15) is 6.10 Å². The molecule has 3 aromatic rings. The molecule has 1 heterocycles. The Hall–Kier alpha value is -2.20. The molecule has 0 amide bonds. The van der Waals surface area contributed by atoms with E-state index < -0.39 is 6.10 Å². The Balaban J connectivity index is 2.03. The standard InChI is InChI=1S/C16H16N2O2/c1-2-6-14(19)15-17-16(20-18-15)13-10-5-8-11-7-3-4-9-12(11)13/h3-5,7-10,14,19H,2,6H2,1H3. The molecule has 1 aromatic heterocycles. The van der Waals surface area contributed by atoms with Crippen LogP contribution in [0, 0.1) is 0 Å². The minimum absolute atomic E-state index is 0.356. The highest BCUT2D eigenvalue weighted by molar-refractivity contribution is 5.94. The number of fused-ring (bicyclic) bond motifs is 1. The molecule has 0 saturated heterocycles. The SMILES string of the molecule is CCCC(O)c1noc(-c2cccc3ccccc23)n1. The quantitative estimate of drug-likeness (QED) is 0.783. The molecule has 1 unspecified atom stereocenters. The molecule has 0 aliphatic heterocycles. The predicted octanol–water partition coefficient (Wildman–Crippen LogP) is 3.72. The van der Waals surface area contributed by atoms with Crippen LogP contribution in [0.25, 0.3) is 22.2 Å². The van der Waals surface area contributed by atoms with Gasteiger partial charge in [0.05, 0.1) is 0 Å². The summed E-state index contributed by atoms with van der Waals surface area (Å²) in [5.74, 6) is 0.807. The van der Waals surface area contributed by atoms with Gasteiger partial charge in [-0.1, -0.05) is 54.9 Å². The largest absolute Gasteiger partial charge is 0.385 e. The average Bonchev–Trinajstić information content (AvgIpc) is 2.97. The third-order valence-corrected chi connectivity index (χ3v) is 3.32. The van der Waals surface area contributed by atoms with E-state index in [-0.39, 0.29) is 0 Å². The van der Waals surface area contributed by atoms with Crippen LogP contribution in [0.5, 0.6) is 0 Å². The van der Waals surface area contributed by atoms with Crippen molar-refractivity contribution >= 4 is 10.8 Å². The van der Waals surface area contributed by atoms with Crippen molar-refractivity contribution in [3.05, 3.63) is 48.3 Å². The molecule has 4 nitrogen and oxygen atoms in total. The van der Waals surface area contributed by atoms with Gasteiger partial charge in [0, 0.05) is 5.56 Å². The van der Waals surface area contributed by atoms with Crippen LogP contribution < -0.4 is 0 Å². The van der Waals surface area contributed by atoms with Gasteiger partial charge in [-0.2, -0.15) is 4.98 Å². The van der Waals surface area contributed by atoms with Gasteiger partial charge in [-0.25, -0.2) is 0 Å². The molecule has 1 N–H and O–H groups in total. The highest BCUT2D eigenvalue weighted by Gasteiger charge is 2.16. The van der Waals surface area contributed by atoms with E-state index in [9.17, 15) is 5.11 Å². The summed E-state index contributed by atoms with van der Waals surface area (Å²) in [5.41, 5.74) is 0.894. The molecule has 20 heavy (non-hydrogen) atoms. The zero-order chi connectivity index (χ0) is 13.9. The minimum atomic E-state index is -0.660. The first-order valence-corrected chi connectivity index (χ1v) is 6.79. The second kappa shape index (κ2) is 5.43. The zero-order valence-electron chi connectivity index (χ0n) is 11.3. The summed E-state index contributed by atoms with van der Waals surface area (Å²) in [6, 6.07) is 14.0. The van der Waals surface area contributed by atoms with E-state index in [0.717, 1.165) is 22.8 Å². The molecule has 0 aliphatic rings. The lowest BCUT2D eigenvalue weighted by molar-refractivity contribution is 0.153. The van der Waals surface area contributed by atoms with Gasteiger partial charge in [-0.15, -0.1) is 0 Å². The summed E-state index contributed by atoms with van der Waals surface area (Å²) in [5, 5.41) is 16.0. The number of aliphatic hydroxyl groups is 1. The van der Waals surface area contributed by atoms with E-state index in [4.69, 9.17) is 4.52 Å². The Morgan fingerprint density at radius 2 is 1.95 bits per heavy atom. The van der Waals surface area contributed by atoms with Crippen molar-refractivity contribution in [3.8, 4) is 11.5 Å². The molecule has 2 aromatic carbocycles. The highest BCUT2D eigenvalue weighted by Crippen LogP contribution is 2.28. The first-order valence-electron chi connectivity index (χ1n) is 6.79. The lowest BCUT2D eigenvalue weighted by atomic mass is 10.0. The molecule has 4 heteroatoms. The molecule has 0 aliphatic carbocycles. The van der Waals surface area contributed by atoms with Gasteiger partial charge >= 0.3 is 0 Å². The maximum Gasteiger partial charge on any atom is 0.258 e. The fourth-order valence-electron chi connectivity index (χ4n) is 2.29. The van der Waals surface area contributed by atoms with Crippen molar-refractivity contribution in [3.63, 3.8) is 0 Å². The average molecular weight is 268 g/mol. The first-order chi connectivity index (χ1) is 9.79. The maximum atomic E-state index is 9.91. The lowest BCUT2D eigenvalue weighted by Crippen LogP contribution is -1.98. The van der Waals surface area contributed by atoms with E-state index in [2.05, 4.69) is 10.1 Å². The van der Waals surface area contributed by atoms with Gasteiger partial charge < -0.3 is 9.63 Å². The Bertz CT molecular complexity index is 716. The topological polar surface area (TPSA) is 59.2 Å². The van der Waals surface area contributed by atoms with Crippen LogP contribution in [0.4, 0.5) is 0 Å². The lowest BCUT2D eigenvalue weighted by Gasteiger charge is -2.02. The van der Waals surface area contributed by atoms with Crippen molar-refractivity contribution in [2.24, 2.45) is 0 Å². The van der Waals surface area contributed by atoms with Gasteiger partial charge in [-0.3, -0.25) is 0 Å². The smallest absolute Gasteiger partial charge is 0.258 e. The Morgan fingerprint density at radius 3 is 2.80 bits per heavy atom. The molecular formula is C16H16N2O2. The van der Waals surface area contributed by atoms with Crippen LogP contribution >= 0.6 is 0 Å². The van der Waals surface area contributed by atoms with E-state index >= 15 is 0 Å². The normalized spacial score (nSPS) is 12.7. The number of aromatic nitrogens is 2. The molecule has 0 bridgehead atoms. The van der Waals surface area contributed by atoms with Crippen LogP contribution in [0.2, 0.25) is 0 Å². The Kier molecular flexibility index (Phi) is 3.48. The van der Waals surface area contributed by atoms with Crippen molar-refractivity contribution in [2.45, 2.75) is 25.9 Å². The number of hydrogen-bond acceptors (Lipinski definition) is 4. The van der Waals surface area contributed by atoms with Gasteiger partial charge in [0.25, 0.3) is 5.89 Å². The van der Waals surface area contributed by atoms with E-state index in [1.54, 1.807) is 0 Å². The van der Waals surface area contributed by atoms with Gasteiger partial charge in [0.15, 0.2) is 0 Å². The summed E-state index contributed by atoms with van der Waals surface area (Å²) in [6.07, 6.45) is 0.848. The number of nitrogens with zero attached hydrogens (tertiary/aromatic N) is 2. The van der Waals surface area contributed by atoms with Gasteiger partial charge in [-0.05, 0) is 23.3 Å². The van der Waals surface area contributed by atoms with E-state index in [0.29, 0.717) is 18.1 Å². The molecule has 0 fully saturated rings. The Labute approximate surface area is 117 Å². The fraction of sp³-hybridized carbons (Fsp3) is 0.250. The van der Waals surface area contributed by atoms with E-state index in [1.807, 2.05) is 49.4 Å². The first kappa shape index (κ1) is 12.8. The number of rotatable bonds is 4. The second-order valence-corrected chi connectivity index (χ2v) is 4.79.